The number of hydrogen-bond acceptors (Lipinski definition) is 5. The molecule has 0 amide bonds. The van der Waals surface area contributed by atoms with E-state index in [9.17, 15) is 15.4 Å². The second-order valence-corrected chi connectivity index (χ2v) is 6.40. The molecule has 3 rings (SSSR count). The molecule has 130 valence electrons. The largest absolute Gasteiger partial charge is 0.456 e. The van der Waals surface area contributed by atoms with Crippen molar-refractivity contribution in [3.05, 3.63) is 86.1 Å². The van der Waals surface area contributed by atoms with Crippen molar-refractivity contribution in [1.82, 2.24) is 0 Å². The molecule has 0 aliphatic rings. The molecule has 0 fully saturated rings. The molecule has 27 heavy (non-hydrogen) atoms. The first-order valence-corrected chi connectivity index (χ1v) is 8.47. The van der Waals surface area contributed by atoms with Crippen molar-refractivity contribution in [2.45, 2.75) is 0 Å². The van der Waals surface area contributed by atoms with E-state index in [1.807, 2.05) is 6.07 Å². The van der Waals surface area contributed by atoms with E-state index in [2.05, 4.69) is 22.0 Å². The Morgan fingerprint density at radius 1 is 1.11 bits per heavy atom. The van der Waals surface area contributed by atoms with E-state index in [4.69, 9.17) is 9.68 Å². The lowest BCUT2D eigenvalue weighted by Crippen LogP contribution is -1.91. The van der Waals surface area contributed by atoms with Crippen molar-refractivity contribution in [1.29, 1.82) is 10.5 Å². The number of halogens is 1. The molecule has 0 aliphatic carbocycles. The summed E-state index contributed by atoms with van der Waals surface area (Å²) in [5.41, 5.74) is 1.76. The Labute approximate surface area is 162 Å². The summed E-state index contributed by atoms with van der Waals surface area (Å²) >= 11 is 3.22. The Kier molecular flexibility index (Phi) is 5.16. The van der Waals surface area contributed by atoms with Gasteiger partial charge in [-0.05, 0) is 48.0 Å². The van der Waals surface area contributed by atoms with Crippen molar-refractivity contribution in [2.75, 3.05) is 0 Å². The molecule has 0 saturated heterocycles. The fourth-order valence-corrected chi connectivity index (χ4v) is 2.84. The first kappa shape index (κ1) is 18.1. The number of nitro benzene ring substituents is 1. The number of nitro groups is 1. The van der Waals surface area contributed by atoms with Crippen LogP contribution in [0, 0.1) is 32.8 Å². The molecule has 0 bridgehead atoms. The van der Waals surface area contributed by atoms with Gasteiger partial charge in [0.05, 0.1) is 33.8 Å². The van der Waals surface area contributed by atoms with E-state index in [0.29, 0.717) is 38.3 Å². The van der Waals surface area contributed by atoms with Gasteiger partial charge >= 0.3 is 0 Å². The Morgan fingerprint density at radius 2 is 1.85 bits per heavy atom. The van der Waals surface area contributed by atoms with Gasteiger partial charge in [-0.25, -0.2) is 0 Å². The zero-order valence-electron chi connectivity index (χ0n) is 13.7. The Morgan fingerprint density at radius 3 is 2.48 bits per heavy atom. The van der Waals surface area contributed by atoms with Gasteiger partial charge in [-0.15, -0.1) is 0 Å². The first-order valence-electron chi connectivity index (χ1n) is 7.68. The highest BCUT2D eigenvalue weighted by molar-refractivity contribution is 9.10. The van der Waals surface area contributed by atoms with Gasteiger partial charge in [-0.1, -0.05) is 28.1 Å². The summed E-state index contributed by atoms with van der Waals surface area (Å²) in [7, 11) is 0. The second-order valence-electron chi connectivity index (χ2n) is 5.48. The molecule has 0 spiro atoms. The van der Waals surface area contributed by atoms with Crippen LogP contribution in [0.4, 0.5) is 5.69 Å². The van der Waals surface area contributed by atoms with Crippen LogP contribution >= 0.6 is 15.9 Å². The highest BCUT2D eigenvalue weighted by Gasteiger charge is 2.18. The molecule has 2 aromatic carbocycles. The van der Waals surface area contributed by atoms with Crippen molar-refractivity contribution in [3.8, 4) is 23.5 Å². The van der Waals surface area contributed by atoms with Crippen LogP contribution in [0.2, 0.25) is 0 Å². The zero-order chi connectivity index (χ0) is 19.4. The van der Waals surface area contributed by atoms with Gasteiger partial charge in [-0.3, -0.25) is 10.1 Å². The van der Waals surface area contributed by atoms with Crippen LogP contribution in [0.1, 0.15) is 16.9 Å². The highest BCUT2D eigenvalue weighted by Crippen LogP contribution is 2.34. The monoisotopic (exact) mass is 419 g/mol. The average Bonchev–Trinajstić information content (AvgIpc) is 3.14. The average molecular weight is 420 g/mol. The minimum atomic E-state index is -0.477. The van der Waals surface area contributed by atoms with Gasteiger partial charge in [0.2, 0.25) is 0 Å². The SMILES string of the molecule is N#C/C(=C/c1ccc(-c2ccc(Br)cc2[N+](=O)[O-])o1)c1ccc(C#N)cc1. The van der Waals surface area contributed by atoms with E-state index in [1.165, 1.54) is 6.07 Å². The van der Waals surface area contributed by atoms with Crippen LogP contribution in [0.3, 0.4) is 0 Å². The lowest BCUT2D eigenvalue weighted by Gasteiger charge is -2.01. The van der Waals surface area contributed by atoms with E-state index < -0.39 is 4.92 Å². The van der Waals surface area contributed by atoms with Crippen LogP contribution < -0.4 is 0 Å². The third-order valence-corrected chi connectivity index (χ3v) is 4.27. The van der Waals surface area contributed by atoms with Crippen LogP contribution in [0.15, 0.2) is 63.5 Å². The molecule has 0 atom stereocenters. The van der Waals surface area contributed by atoms with Crippen molar-refractivity contribution >= 4 is 33.3 Å². The number of furan rings is 1. The fraction of sp³-hybridized carbons (Fsp3) is 0. The van der Waals surface area contributed by atoms with Gasteiger partial charge < -0.3 is 4.42 Å². The van der Waals surface area contributed by atoms with Crippen molar-refractivity contribution in [3.63, 3.8) is 0 Å². The maximum Gasteiger partial charge on any atom is 0.281 e. The summed E-state index contributed by atoms with van der Waals surface area (Å²) < 4.78 is 6.29. The van der Waals surface area contributed by atoms with Crippen LogP contribution in [-0.2, 0) is 0 Å². The smallest absolute Gasteiger partial charge is 0.281 e. The highest BCUT2D eigenvalue weighted by atomic mass is 79.9. The quantitative estimate of drug-likeness (QED) is 0.313. The Bertz CT molecular complexity index is 1130. The maximum absolute atomic E-state index is 11.3. The maximum atomic E-state index is 11.3. The molecular weight excluding hydrogens is 410 g/mol. The lowest BCUT2D eigenvalue weighted by molar-refractivity contribution is -0.384. The van der Waals surface area contributed by atoms with Crippen LogP contribution in [0.25, 0.3) is 23.0 Å². The molecule has 3 aromatic rings. The van der Waals surface area contributed by atoms with E-state index in [-0.39, 0.29) is 5.69 Å². The number of allylic oxidation sites excluding steroid dienone is 1. The number of hydrogen-bond donors (Lipinski definition) is 0. The summed E-state index contributed by atoms with van der Waals surface area (Å²) in [6.45, 7) is 0. The molecule has 6 nitrogen and oxygen atoms in total. The molecule has 1 aromatic heterocycles. The van der Waals surface area contributed by atoms with E-state index >= 15 is 0 Å². The topological polar surface area (TPSA) is 104 Å². The molecular formula is C20H10BrN3O3. The molecule has 0 aliphatic heterocycles. The van der Waals surface area contributed by atoms with E-state index in [1.54, 1.807) is 54.6 Å². The summed E-state index contributed by atoms with van der Waals surface area (Å²) in [6, 6.07) is 18.7. The number of rotatable bonds is 4. The standard InChI is InChI=1S/C20H10BrN3O3/c21-16-5-7-18(19(10-16)24(25)26)20-8-6-17(27-20)9-15(12-23)14-3-1-13(11-22)2-4-14/h1-10H/b15-9-. The molecule has 1 heterocycles. The van der Waals surface area contributed by atoms with Crippen LogP contribution in [-0.4, -0.2) is 4.92 Å². The lowest BCUT2D eigenvalue weighted by atomic mass is 10.0. The molecule has 0 unspecified atom stereocenters. The molecule has 0 N–H and O–H groups in total. The van der Waals surface area contributed by atoms with Crippen molar-refractivity contribution < 1.29 is 9.34 Å². The second kappa shape index (κ2) is 7.69. The first-order chi connectivity index (χ1) is 13.0. The van der Waals surface area contributed by atoms with Gasteiger partial charge in [-0.2, -0.15) is 10.5 Å². The fourth-order valence-electron chi connectivity index (χ4n) is 2.49. The van der Waals surface area contributed by atoms with Crippen LogP contribution in [0.5, 0.6) is 0 Å². The van der Waals surface area contributed by atoms with Gasteiger partial charge in [0.1, 0.15) is 11.5 Å². The van der Waals surface area contributed by atoms with E-state index in [0.717, 1.165) is 0 Å². The summed E-state index contributed by atoms with van der Waals surface area (Å²) in [6.07, 6.45) is 1.55. The molecule has 7 heteroatoms. The minimum absolute atomic E-state index is 0.0816. The van der Waals surface area contributed by atoms with Gasteiger partial charge in [0.25, 0.3) is 5.69 Å². The predicted molar refractivity (Wildman–Crippen MR) is 103 cm³/mol. The van der Waals surface area contributed by atoms with Gasteiger partial charge in [0.15, 0.2) is 0 Å². The molecule has 0 saturated carbocycles. The number of nitriles is 2. The zero-order valence-corrected chi connectivity index (χ0v) is 15.3. The third kappa shape index (κ3) is 3.95. The molecule has 0 radical (unpaired) electrons. The minimum Gasteiger partial charge on any atom is -0.456 e. The Balaban J connectivity index is 1.98. The number of benzene rings is 2. The summed E-state index contributed by atoms with van der Waals surface area (Å²) in [5.74, 6) is 0.723. The van der Waals surface area contributed by atoms with Gasteiger partial charge in [0, 0.05) is 10.5 Å². The summed E-state index contributed by atoms with van der Waals surface area (Å²) in [4.78, 5) is 10.8. The predicted octanol–water partition coefficient (Wildman–Crippen LogP) is 5.55. The third-order valence-electron chi connectivity index (χ3n) is 3.78. The number of nitrogens with zero attached hydrogens (tertiary/aromatic N) is 3. The normalized spacial score (nSPS) is 10.9. The van der Waals surface area contributed by atoms with Crippen molar-refractivity contribution in [2.24, 2.45) is 0 Å². The summed E-state index contributed by atoms with van der Waals surface area (Å²) in [5, 5.41) is 29.6. The Hall–Kier alpha value is -3.68.